The van der Waals surface area contributed by atoms with Crippen LogP contribution >= 0.6 is 11.6 Å². The van der Waals surface area contributed by atoms with Crippen molar-refractivity contribution in [3.8, 4) is 5.75 Å². The van der Waals surface area contributed by atoms with Gasteiger partial charge in [0, 0.05) is 24.5 Å². The standard InChI is InChI=1S/C11H8ClN3O5S/c12-8-3-4-13-6-11(8)21(19,20)14-9-5-7(15(17)18)1-2-10(9)16/h1-6,14,16H. The summed E-state index contributed by atoms with van der Waals surface area (Å²) in [7, 11) is -4.14. The maximum Gasteiger partial charge on any atom is 0.271 e. The lowest BCUT2D eigenvalue weighted by atomic mass is 10.2. The van der Waals surface area contributed by atoms with Crippen LogP contribution in [0.1, 0.15) is 0 Å². The lowest BCUT2D eigenvalue weighted by Gasteiger charge is -2.10. The van der Waals surface area contributed by atoms with Crippen molar-refractivity contribution in [2.24, 2.45) is 0 Å². The van der Waals surface area contributed by atoms with E-state index in [0.717, 1.165) is 24.4 Å². The number of anilines is 1. The number of rotatable bonds is 4. The summed E-state index contributed by atoms with van der Waals surface area (Å²) in [4.78, 5) is 13.3. The molecule has 0 aliphatic carbocycles. The highest BCUT2D eigenvalue weighted by Gasteiger charge is 2.21. The fraction of sp³-hybridized carbons (Fsp3) is 0. The van der Waals surface area contributed by atoms with Crippen molar-refractivity contribution in [3.05, 3.63) is 51.8 Å². The maximum absolute atomic E-state index is 12.1. The van der Waals surface area contributed by atoms with E-state index in [0.29, 0.717) is 0 Å². The predicted molar refractivity (Wildman–Crippen MR) is 74.8 cm³/mol. The van der Waals surface area contributed by atoms with E-state index in [2.05, 4.69) is 4.98 Å². The van der Waals surface area contributed by atoms with Gasteiger partial charge in [-0.05, 0) is 12.1 Å². The van der Waals surface area contributed by atoms with E-state index in [1.165, 1.54) is 12.3 Å². The largest absolute Gasteiger partial charge is 0.506 e. The van der Waals surface area contributed by atoms with Gasteiger partial charge in [-0.3, -0.25) is 19.8 Å². The Balaban J connectivity index is 2.44. The van der Waals surface area contributed by atoms with Crippen molar-refractivity contribution in [2.45, 2.75) is 4.90 Å². The number of sulfonamides is 1. The predicted octanol–water partition coefficient (Wildman–Crippen LogP) is 2.15. The molecule has 1 aromatic carbocycles. The minimum Gasteiger partial charge on any atom is -0.506 e. The number of benzene rings is 1. The normalized spacial score (nSPS) is 11.1. The number of aromatic hydroxyl groups is 1. The van der Waals surface area contributed by atoms with Crippen LogP contribution in [0.25, 0.3) is 0 Å². The monoisotopic (exact) mass is 329 g/mol. The topological polar surface area (TPSA) is 122 Å². The third-order valence-corrected chi connectivity index (χ3v) is 4.29. The SMILES string of the molecule is O=[N+]([O-])c1ccc(O)c(NS(=O)(=O)c2cnccc2Cl)c1. The van der Waals surface area contributed by atoms with Crippen LogP contribution in [0.4, 0.5) is 11.4 Å². The molecule has 2 rings (SSSR count). The van der Waals surface area contributed by atoms with Crippen LogP contribution in [0.2, 0.25) is 5.02 Å². The zero-order chi connectivity index (χ0) is 15.6. The molecule has 1 aromatic heterocycles. The van der Waals surface area contributed by atoms with E-state index in [4.69, 9.17) is 11.6 Å². The molecular weight excluding hydrogens is 322 g/mol. The number of nitrogens with zero attached hydrogens (tertiary/aromatic N) is 2. The molecule has 0 saturated heterocycles. The second-order valence-corrected chi connectivity index (χ2v) is 5.93. The molecule has 1 heterocycles. The van der Waals surface area contributed by atoms with Crippen molar-refractivity contribution >= 4 is 33.0 Å². The van der Waals surface area contributed by atoms with Gasteiger partial charge in [-0.2, -0.15) is 0 Å². The number of phenols is 1. The van der Waals surface area contributed by atoms with E-state index in [1.807, 2.05) is 4.72 Å². The van der Waals surface area contributed by atoms with Crippen molar-refractivity contribution in [1.29, 1.82) is 0 Å². The van der Waals surface area contributed by atoms with Gasteiger partial charge in [-0.15, -0.1) is 0 Å². The summed E-state index contributed by atoms with van der Waals surface area (Å²) in [5.41, 5.74) is -0.702. The molecule has 21 heavy (non-hydrogen) atoms. The van der Waals surface area contributed by atoms with Gasteiger partial charge in [0.25, 0.3) is 15.7 Å². The molecule has 8 nitrogen and oxygen atoms in total. The third-order valence-electron chi connectivity index (χ3n) is 2.46. The molecule has 0 spiro atoms. The van der Waals surface area contributed by atoms with Gasteiger partial charge in [0.2, 0.25) is 0 Å². The highest BCUT2D eigenvalue weighted by molar-refractivity contribution is 7.92. The summed E-state index contributed by atoms with van der Waals surface area (Å²) in [6.45, 7) is 0. The Hall–Kier alpha value is -2.39. The van der Waals surface area contributed by atoms with Crippen LogP contribution in [0.3, 0.4) is 0 Å². The minimum absolute atomic E-state index is 0.0672. The second kappa shape index (κ2) is 5.54. The molecule has 0 atom stereocenters. The van der Waals surface area contributed by atoms with Crippen molar-refractivity contribution in [1.82, 2.24) is 4.98 Å². The molecule has 0 radical (unpaired) electrons. The van der Waals surface area contributed by atoms with Gasteiger partial charge in [-0.1, -0.05) is 11.6 Å². The Bertz CT molecular complexity index is 809. The van der Waals surface area contributed by atoms with E-state index >= 15 is 0 Å². The first-order valence-electron chi connectivity index (χ1n) is 5.41. The van der Waals surface area contributed by atoms with E-state index in [1.54, 1.807) is 0 Å². The first kappa shape index (κ1) is 15.0. The van der Waals surface area contributed by atoms with Gasteiger partial charge >= 0.3 is 0 Å². The van der Waals surface area contributed by atoms with Crippen LogP contribution in [0.5, 0.6) is 5.75 Å². The lowest BCUT2D eigenvalue weighted by molar-refractivity contribution is -0.384. The number of halogens is 1. The van der Waals surface area contributed by atoms with Gasteiger partial charge in [-0.25, -0.2) is 8.42 Å². The van der Waals surface area contributed by atoms with Crippen LogP contribution in [-0.2, 0) is 10.0 Å². The molecule has 0 saturated carbocycles. The molecule has 0 aliphatic heterocycles. The lowest BCUT2D eigenvalue weighted by Crippen LogP contribution is -2.14. The van der Waals surface area contributed by atoms with Gasteiger partial charge < -0.3 is 5.11 Å². The summed E-state index contributed by atoms with van der Waals surface area (Å²) in [6.07, 6.45) is 2.34. The number of hydrogen-bond acceptors (Lipinski definition) is 6. The summed E-state index contributed by atoms with van der Waals surface area (Å²) >= 11 is 5.77. The van der Waals surface area contributed by atoms with Crippen LogP contribution < -0.4 is 4.72 Å². The van der Waals surface area contributed by atoms with Crippen molar-refractivity contribution < 1.29 is 18.4 Å². The highest BCUT2D eigenvalue weighted by Crippen LogP contribution is 2.30. The Kier molecular flexibility index (Phi) is 3.96. The van der Waals surface area contributed by atoms with Crippen LogP contribution in [0, 0.1) is 10.1 Å². The Morgan fingerprint density at radius 2 is 2.05 bits per heavy atom. The number of nitro groups is 1. The molecule has 0 aliphatic rings. The minimum atomic E-state index is -4.14. The summed E-state index contributed by atoms with van der Waals surface area (Å²) < 4.78 is 26.3. The molecule has 10 heteroatoms. The van der Waals surface area contributed by atoms with E-state index < -0.39 is 20.7 Å². The number of aromatic nitrogens is 1. The summed E-state index contributed by atoms with van der Waals surface area (Å²) in [5.74, 6) is -0.454. The van der Waals surface area contributed by atoms with Gasteiger partial charge in [0.15, 0.2) is 0 Å². The van der Waals surface area contributed by atoms with Crippen molar-refractivity contribution in [3.63, 3.8) is 0 Å². The van der Waals surface area contributed by atoms with E-state index in [9.17, 15) is 23.6 Å². The molecule has 0 bridgehead atoms. The molecule has 2 aromatic rings. The molecule has 0 unspecified atom stereocenters. The zero-order valence-electron chi connectivity index (χ0n) is 10.2. The first-order chi connectivity index (χ1) is 9.81. The average molecular weight is 330 g/mol. The van der Waals surface area contributed by atoms with E-state index in [-0.39, 0.29) is 21.3 Å². The fourth-order valence-corrected chi connectivity index (χ4v) is 2.98. The first-order valence-corrected chi connectivity index (χ1v) is 7.27. The molecule has 2 N–H and O–H groups in total. The Morgan fingerprint density at radius 3 is 2.67 bits per heavy atom. The molecule has 0 fully saturated rings. The number of nitrogens with one attached hydrogen (secondary N) is 1. The third kappa shape index (κ3) is 3.20. The zero-order valence-corrected chi connectivity index (χ0v) is 11.8. The van der Waals surface area contributed by atoms with Crippen LogP contribution in [0.15, 0.2) is 41.6 Å². The van der Waals surface area contributed by atoms with Crippen LogP contribution in [-0.4, -0.2) is 23.4 Å². The molecular formula is C11H8ClN3O5S. The second-order valence-electron chi connectivity index (χ2n) is 3.87. The number of hydrogen-bond donors (Lipinski definition) is 2. The maximum atomic E-state index is 12.1. The summed E-state index contributed by atoms with van der Waals surface area (Å²) in [6, 6.07) is 4.24. The highest BCUT2D eigenvalue weighted by atomic mass is 35.5. The molecule has 110 valence electrons. The average Bonchev–Trinajstić information content (AvgIpc) is 2.41. The number of non-ortho nitro benzene ring substituents is 1. The fourth-order valence-electron chi connectivity index (χ4n) is 1.48. The van der Waals surface area contributed by atoms with Gasteiger partial charge in [0.05, 0.1) is 15.6 Å². The Morgan fingerprint density at radius 1 is 1.33 bits per heavy atom. The van der Waals surface area contributed by atoms with Crippen molar-refractivity contribution in [2.75, 3.05) is 4.72 Å². The summed E-state index contributed by atoms with van der Waals surface area (Å²) in [5, 5.41) is 20.2. The molecule has 0 amide bonds. The number of nitro benzene ring substituents is 1. The van der Waals surface area contributed by atoms with Gasteiger partial charge in [0.1, 0.15) is 10.6 Å². The number of phenolic OH excluding ortho intramolecular Hbond substituents is 1. The smallest absolute Gasteiger partial charge is 0.271 e. The number of pyridine rings is 1. The quantitative estimate of drug-likeness (QED) is 0.503. The Labute approximate surface area is 124 Å².